The smallest absolute Gasteiger partial charge is 0.237 e. The number of carbonyl (C=O) groups excluding carboxylic acids is 3. The number of pyridine rings is 1. The van der Waals surface area contributed by atoms with Gasteiger partial charge in [-0.2, -0.15) is 0 Å². The van der Waals surface area contributed by atoms with Gasteiger partial charge in [-0.05, 0) is 72.9 Å². The van der Waals surface area contributed by atoms with E-state index < -0.39 is 5.41 Å². The summed E-state index contributed by atoms with van der Waals surface area (Å²) in [6.07, 6.45) is 6.50. The molecule has 5 rings (SSSR count). The Balaban J connectivity index is 1.16. The normalized spacial score (nSPS) is 19.0. The number of benzene rings is 2. The van der Waals surface area contributed by atoms with Crippen LogP contribution in [0.1, 0.15) is 48.4 Å². The minimum atomic E-state index is -0.616. The van der Waals surface area contributed by atoms with E-state index in [1.54, 1.807) is 6.20 Å². The van der Waals surface area contributed by atoms with Crippen LogP contribution in [0.3, 0.4) is 0 Å². The van der Waals surface area contributed by atoms with Crippen LogP contribution < -0.4 is 16.0 Å². The highest BCUT2D eigenvalue weighted by Crippen LogP contribution is 2.46. The van der Waals surface area contributed by atoms with Gasteiger partial charge in [0.25, 0.3) is 0 Å². The molecule has 0 fully saturated rings. The standard InChI is InChI=1S/C30H32N4O3/c1-20(9-11-24(32-19-35)15-21-6-3-2-4-7-21)14-27(36)33-25-12-10-22-17-30(18-23(22)16-25)26-8-5-13-31-28(26)34-29(30)37/h2-8,10,12-13,16,19-20,24H,9,11,14-15,17-18H2,1H3,(H,32,35)(H,33,36)(H,31,34,37). The lowest BCUT2D eigenvalue weighted by atomic mass is 9.79. The molecule has 7 nitrogen and oxygen atoms in total. The molecule has 3 amide bonds. The molecular formula is C30H32N4O3. The summed E-state index contributed by atoms with van der Waals surface area (Å²) in [6.45, 7) is 2.07. The molecule has 3 N–H and O–H groups in total. The van der Waals surface area contributed by atoms with Crippen molar-refractivity contribution < 1.29 is 14.4 Å². The number of hydrogen-bond acceptors (Lipinski definition) is 4. The quantitative estimate of drug-likeness (QED) is 0.367. The number of nitrogens with one attached hydrogen (secondary N) is 3. The summed E-state index contributed by atoms with van der Waals surface area (Å²) in [4.78, 5) is 41.1. The molecule has 1 aliphatic carbocycles. The molecule has 1 spiro atoms. The molecule has 1 aliphatic heterocycles. The van der Waals surface area contributed by atoms with E-state index >= 15 is 0 Å². The molecule has 2 aromatic carbocycles. The van der Waals surface area contributed by atoms with Crippen LogP contribution in [0.5, 0.6) is 0 Å². The fourth-order valence-corrected chi connectivity index (χ4v) is 5.70. The predicted molar refractivity (Wildman–Crippen MR) is 143 cm³/mol. The Hall–Kier alpha value is -4.00. The Bertz CT molecular complexity index is 1310. The van der Waals surface area contributed by atoms with Gasteiger partial charge in [0.15, 0.2) is 0 Å². The van der Waals surface area contributed by atoms with E-state index in [-0.39, 0.29) is 23.8 Å². The highest BCUT2D eigenvalue weighted by molar-refractivity contribution is 6.06. The molecule has 2 aliphatic rings. The molecule has 0 radical (unpaired) electrons. The van der Waals surface area contributed by atoms with Gasteiger partial charge in [-0.25, -0.2) is 4.98 Å². The Morgan fingerprint density at radius 3 is 2.70 bits per heavy atom. The molecule has 0 saturated heterocycles. The van der Waals surface area contributed by atoms with Crippen molar-refractivity contribution in [1.29, 1.82) is 0 Å². The van der Waals surface area contributed by atoms with Crippen molar-refractivity contribution in [2.24, 2.45) is 5.92 Å². The molecule has 1 aromatic heterocycles. The minimum absolute atomic E-state index is 0.00792. The number of carbonyl (C=O) groups is 3. The average Bonchev–Trinajstić information content (AvgIpc) is 3.40. The number of amides is 3. The van der Waals surface area contributed by atoms with Crippen molar-refractivity contribution in [1.82, 2.24) is 10.3 Å². The molecule has 3 atom stereocenters. The first kappa shape index (κ1) is 24.7. The topological polar surface area (TPSA) is 100 Å². The average molecular weight is 497 g/mol. The lowest BCUT2D eigenvalue weighted by Gasteiger charge is -2.20. The van der Waals surface area contributed by atoms with E-state index in [0.29, 0.717) is 25.1 Å². The van der Waals surface area contributed by atoms with Crippen LogP contribution in [0.25, 0.3) is 0 Å². The molecule has 3 aromatic rings. The Kier molecular flexibility index (Phi) is 7.04. The van der Waals surface area contributed by atoms with Gasteiger partial charge in [-0.3, -0.25) is 14.4 Å². The Morgan fingerprint density at radius 1 is 1.08 bits per heavy atom. The van der Waals surface area contributed by atoms with Crippen LogP contribution in [0, 0.1) is 5.92 Å². The molecule has 2 heterocycles. The Labute approximate surface area is 217 Å². The van der Waals surface area contributed by atoms with Crippen LogP contribution in [-0.2, 0) is 39.1 Å². The maximum absolute atomic E-state index is 12.9. The van der Waals surface area contributed by atoms with Crippen LogP contribution >= 0.6 is 0 Å². The number of aromatic nitrogens is 1. The van der Waals surface area contributed by atoms with E-state index in [0.717, 1.165) is 48.1 Å². The second-order valence-electron chi connectivity index (χ2n) is 10.4. The zero-order valence-corrected chi connectivity index (χ0v) is 21.0. The summed E-state index contributed by atoms with van der Waals surface area (Å²) < 4.78 is 0. The fraction of sp³-hybridized carbons (Fsp3) is 0.333. The van der Waals surface area contributed by atoms with Gasteiger partial charge in [0.2, 0.25) is 18.2 Å². The zero-order chi connectivity index (χ0) is 25.8. The lowest BCUT2D eigenvalue weighted by Crippen LogP contribution is -2.35. The SMILES string of the molecule is CC(CCC(Cc1ccccc1)NC=O)CC(=O)Nc1ccc2c(c1)CC1(C2)C(=O)Nc2ncccc21. The molecule has 37 heavy (non-hydrogen) atoms. The maximum Gasteiger partial charge on any atom is 0.237 e. The maximum atomic E-state index is 12.9. The van der Waals surface area contributed by atoms with E-state index in [1.807, 2.05) is 48.5 Å². The van der Waals surface area contributed by atoms with E-state index in [2.05, 4.69) is 40.0 Å². The molecule has 190 valence electrons. The minimum Gasteiger partial charge on any atom is -0.356 e. The summed E-state index contributed by atoms with van der Waals surface area (Å²) in [7, 11) is 0. The van der Waals surface area contributed by atoms with Crippen molar-refractivity contribution in [3.05, 3.63) is 89.1 Å². The number of anilines is 2. The predicted octanol–water partition coefficient (Wildman–Crippen LogP) is 4.17. The summed E-state index contributed by atoms with van der Waals surface area (Å²) in [5.74, 6) is 0.787. The molecule has 3 unspecified atom stereocenters. The van der Waals surface area contributed by atoms with E-state index in [4.69, 9.17) is 0 Å². The largest absolute Gasteiger partial charge is 0.356 e. The summed E-state index contributed by atoms with van der Waals surface area (Å²) in [5, 5.41) is 8.89. The zero-order valence-electron chi connectivity index (χ0n) is 21.0. The number of rotatable bonds is 10. The number of fused-ring (bicyclic) bond motifs is 3. The highest BCUT2D eigenvalue weighted by Gasteiger charge is 2.51. The first-order valence-corrected chi connectivity index (χ1v) is 12.9. The van der Waals surface area contributed by atoms with Crippen molar-refractivity contribution >= 4 is 29.7 Å². The van der Waals surface area contributed by atoms with Gasteiger partial charge in [0, 0.05) is 29.9 Å². The molecule has 0 bridgehead atoms. The third kappa shape index (κ3) is 5.26. The van der Waals surface area contributed by atoms with Crippen molar-refractivity contribution in [3.63, 3.8) is 0 Å². The van der Waals surface area contributed by atoms with Gasteiger partial charge in [-0.15, -0.1) is 0 Å². The lowest BCUT2D eigenvalue weighted by molar-refractivity contribution is -0.120. The third-order valence-corrected chi connectivity index (χ3v) is 7.63. The van der Waals surface area contributed by atoms with E-state index in [1.165, 1.54) is 5.56 Å². The van der Waals surface area contributed by atoms with Crippen LogP contribution in [0.15, 0.2) is 66.9 Å². The third-order valence-electron chi connectivity index (χ3n) is 7.63. The molecule has 7 heteroatoms. The van der Waals surface area contributed by atoms with Crippen LogP contribution in [-0.4, -0.2) is 29.3 Å². The van der Waals surface area contributed by atoms with Crippen LogP contribution in [0.2, 0.25) is 0 Å². The van der Waals surface area contributed by atoms with Crippen molar-refractivity contribution in [3.8, 4) is 0 Å². The van der Waals surface area contributed by atoms with Gasteiger partial charge in [0.05, 0.1) is 5.41 Å². The second-order valence-corrected chi connectivity index (χ2v) is 10.4. The van der Waals surface area contributed by atoms with Crippen molar-refractivity contribution in [2.45, 2.75) is 56.9 Å². The summed E-state index contributed by atoms with van der Waals surface area (Å²) >= 11 is 0. The van der Waals surface area contributed by atoms with Gasteiger partial charge in [0.1, 0.15) is 5.82 Å². The monoisotopic (exact) mass is 496 g/mol. The van der Waals surface area contributed by atoms with E-state index in [9.17, 15) is 14.4 Å². The fourth-order valence-electron chi connectivity index (χ4n) is 5.70. The highest BCUT2D eigenvalue weighted by atomic mass is 16.2. The number of hydrogen-bond donors (Lipinski definition) is 3. The molecular weight excluding hydrogens is 464 g/mol. The summed E-state index contributed by atoms with van der Waals surface area (Å²) in [6, 6.07) is 19.9. The Morgan fingerprint density at radius 2 is 1.89 bits per heavy atom. The summed E-state index contributed by atoms with van der Waals surface area (Å²) in [5.41, 5.74) is 4.48. The van der Waals surface area contributed by atoms with Crippen LogP contribution in [0.4, 0.5) is 11.5 Å². The van der Waals surface area contributed by atoms with Gasteiger partial charge < -0.3 is 16.0 Å². The molecule has 0 saturated carbocycles. The van der Waals surface area contributed by atoms with Gasteiger partial charge in [-0.1, -0.05) is 49.4 Å². The van der Waals surface area contributed by atoms with Gasteiger partial charge >= 0.3 is 0 Å². The number of nitrogens with zero attached hydrogens (tertiary/aromatic N) is 1. The van der Waals surface area contributed by atoms with Crippen molar-refractivity contribution in [2.75, 3.05) is 10.6 Å². The first-order chi connectivity index (χ1) is 18.0. The first-order valence-electron chi connectivity index (χ1n) is 12.9. The second kappa shape index (κ2) is 10.5.